The molecule has 5 nitrogen and oxygen atoms in total. The molecule has 2 N–H and O–H groups in total. The molecule has 1 aromatic carbocycles. The molecule has 7 heteroatoms. The van der Waals surface area contributed by atoms with Crippen molar-refractivity contribution >= 4 is 23.6 Å². The second kappa shape index (κ2) is 5.70. The lowest BCUT2D eigenvalue weighted by Crippen LogP contribution is -2.54. The Bertz CT molecular complexity index is 543. The van der Waals surface area contributed by atoms with Crippen LogP contribution >= 0.6 is 11.8 Å². The van der Waals surface area contributed by atoms with Gasteiger partial charge in [0.1, 0.15) is 5.54 Å². The molecule has 0 aliphatic carbocycles. The molecule has 108 valence electrons. The number of halogens is 1. The number of hydrogen-bond acceptors (Lipinski definition) is 4. The number of carbonyl (C=O) groups is 2. The van der Waals surface area contributed by atoms with Crippen LogP contribution in [0.15, 0.2) is 18.2 Å². The largest absolute Gasteiger partial charge is 0.494 e. The molecule has 1 amide bonds. The van der Waals surface area contributed by atoms with E-state index in [2.05, 4.69) is 5.32 Å². The molecule has 1 aliphatic rings. The number of carboxylic acid groups (broad SMARTS) is 1. The van der Waals surface area contributed by atoms with Crippen molar-refractivity contribution in [3.8, 4) is 5.75 Å². The number of thioether (sulfide) groups is 1. The van der Waals surface area contributed by atoms with Gasteiger partial charge in [0.05, 0.1) is 7.11 Å². The second-order valence-electron chi connectivity index (χ2n) is 4.49. The minimum absolute atomic E-state index is 0.0529. The number of ether oxygens (including phenoxy) is 1. The van der Waals surface area contributed by atoms with Crippen LogP contribution in [0.25, 0.3) is 0 Å². The molecule has 1 aliphatic heterocycles. The smallest absolute Gasteiger partial charge is 0.330 e. The van der Waals surface area contributed by atoms with Crippen LogP contribution in [0.3, 0.4) is 0 Å². The molecular weight excluding hydrogens is 285 g/mol. The number of amides is 1. The zero-order valence-corrected chi connectivity index (χ0v) is 11.6. The van der Waals surface area contributed by atoms with Crippen molar-refractivity contribution in [1.29, 1.82) is 0 Å². The van der Waals surface area contributed by atoms with Crippen LogP contribution in [0.5, 0.6) is 5.75 Å². The first-order chi connectivity index (χ1) is 9.48. The molecule has 1 fully saturated rings. The SMILES string of the molecule is COc1cc(C(=O)NC2(C(=O)O)CCSC2)ccc1F. The molecule has 20 heavy (non-hydrogen) atoms. The molecule has 0 bridgehead atoms. The number of benzene rings is 1. The Morgan fingerprint density at radius 2 is 2.25 bits per heavy atom. The molecule has 1 saturated heterocycles. The molecule has 0 saturated carbocycles. The summed E-state index contributed by atoms with van der Waals surface area (Å²) in [5, 5.41) is 11.8. The molecule has 1 atom stereocenters. The normalized spacial score (nSPS) is 21.5. The lowest BCUT2D eigenvalue weighted by Gasteiger charge is -2.24. The topological polar surface area (TPSA) is 75.6 Å². The fourth-order valence-corrected chi connectivity index (χ4v) is 3.30. The average molecular weight is 299 g/mol. The van der Waals surface area contributed by atoms with Crippen LogP contribution in [0.1, 0.15) is 16.8 Å². The van der Waals surface area contributed by atoms with Gasteiger partial charge in [-0.1, -0.05) is 0 Å². The third kappa shape index (κ3) is 2.72. The Morgan fingerprint density at radius 1 is 1.50 bits per heavy atom. The number of aliphatic carboxylic acids is 1. The molecule has 0 radical (unpaired) electrons. The first-order valence-corrected chi connectivity index (χ1v) is 7.11. The van der Waals surface area contributed by atoms with Gasteiger partial charge in [-0.15, -0.1) is 0 Å². The number of carboxylic acids is 1. The van der Waals surface area contributed by atoms with Crippen molar-refractivity contribution < 1.29 is 23.8 Å². The third-order valence-corrected chi connectivity index (χ3v) is 4.39. The van der Waals surface area contributed by atoms with Crippen molar-refractivity contribution in [2.75, 3.05) is 18.6 Å². The Hall–Kier alpha value is -1.76. The van der Waals surface area contributed by atoms with E-state index in [0.717, 1.165) is 6.07 Å². The molecule has 2 rings (SSSR count). The molecule has 1 aromatic rings. The number of carbonyl (C=O) groups excluding carboxylic acids is 1. The Labute approximate surface area is 119 Å². The van der Waals surface area contributed by atoms with Gasteiger partial charge in [-0.25, -0.2) is 9.18 Å². The summed E-state index contributed by atoms with van der Waals surface area (Å²) in [5.41, 5.74) is -1.08. The van der Waals surface area contributed by atoms with Crippen LogP contribution < -0.4 is 10.1 Å². The van der Waals surface area contributed by atoms with Gasteiger partial charge in [0.25, 0.3) is 5.91 Å². The maximum atomic E-state index is 13.3. The summed E-state index contributed by atoms with van der Waals surface area (Å²) < 4.78 is 18.1. The first-order valence-electron chi connectivity index (χ1n) is 5.96. The number of nitrogens with one attached hydrogen (secondary N) is 1. The Balaban J connectivity index is 2.21. The van der Waals surface area contributed by atoms with Crippen LogP contribution in [0.2, 0.25) is 0 Å². The van der Waals surface area contributed by atoms with E-state index in [1.165, 1.54) is 31.0 Å². The van der Waals surface area contributed by atoms with Crippen LogP contribution in [-0.4, -0.2) is 41.1 Å². The van der Waals surface area contributed by atoms with E-state index in [0.29, 0.717) is 17.9 Å². The maximum absolute atomic E-state index is 13.3. The highest BCUT2D eigenvalue weighted by atomic mass is 32.2. The van der Waals surface area contributed by atoms with Crippen molar-refractivity contribution in [2.24, 2.45) is 0 Å². The summed E-state index contributed by atoms with van der Waals surface area (Å²) >= 11 is 1.48. The lowest BCUT2D eigenvalue weighted by atomic mass is 9.98. The summed E-state index contributed by atoms with van der Waals surface area (Å²) in [4.78, 5) is 23.5. The summed E-state index contributed by atoms with van der Waals surface area (Å²) in [5.74, 6) is -1.22. The zero-order chi connectivity index (χ0) is 14.8. The van der Waals surface area contributed by atoms with Crippen molar-refractivity contribution in [3.63, 3.8) is 0 Å². The van der Waals surface area contributed by atoms with Crippen LogP contribution in [-0.2, 0) is 4.79 Å². The minimum Gasteiger partial charge on any atom is -0.494 e. The van der Waals surface area contributed by atoms with Crippen molar-refractivity contribution in [3.05, 3.63) is 29.6 Å². The van der Waals surface area contributed by atoms with E-state index >= 15 is 0 Å². The summed E-state index contributed by atoms with van der Waals surface area (Å²) in [6.07, 6.45) is 0.372. The van der Waals surface area contributed by atoms with Gasteiger partial charge in [-0.3, -0.25) is 4.79 Å². The van der Waals surface area contributed by atoms with Gasteiger partial charge < -0.3 is 15.2 Å². The Kier molecular flexibility index (Phi) is 4.17. The second-order valence-corrected chi connectivity index (χ2v) is 5.60. The highest BCUT2D eigenvalue weighted by Crippen LogP contribution is 2.29. The number of methoxy groups -OCH3 is 1. The predicted molar refractivity (Wildman–Crippen MR) is 72.7 cm³/mol. The molecular formula is C13H14FNO4S. The maximum Gasteiger partial charge on any atom is 0.330 e. The third-order valence-electron chi connectivity index (χ3n) is 3.20. The first kappa shape index (κ1) is 14.6. The van der Waals surface area contributed by atoms with E-state index in [9.17, 15) is 19.1 Å². The standard InChI is InChI=1S/C13H14FNO4S/c1-19-10-6-8(2-3-9(10)14)11(16)15-13(12(17)18)4-5-20-7-13/h2-3,6H,4-5,7H2,1H3,(H,15,16)(H,17,18). The fourth-order valence-electron chi connectivity index (χ4n) is 1.98. The minimum atomic E-state index is -1.25. The average Bonchev–Trinajstić information content (AvgIpc) is 2.89. The molecule has 1 heterocycles. The summed E-state index contributed by atoms with van der Waals surface area (Å²) in [6, 6.07) is 3.66. The molecule has 0 spiro atoms. The van der Waals surface area contributed by atoms with Crippen molar-refractivity contribution in [1.82, 2.24) is 5.32 Å². The van der Waals surface area contributed by atoms with E-state index in [-0.39, 0.29) is 11.3 Å². The fraction of sp³-hybridized carbons (Fsp3) is 0.385. The quantitative estimate of drug-likeness (QED) is 0.881. The van der Waals surface area contributed by atoms with Gasteiger partial charge in [0.2, 0.25) is 0 Å². The summed E-state index contributed by atoms with van der Waals surface area (Å²) in [7, 11) is 1.30. The van der Waals surface area contributed by atoms with Crippen LogP contribution in [0.4, 0.5) is 4.39 Å². The molecule has 0 aromatic heterocycles. The highest BCUT2D eigenvalue weighted by molar-refractivity contribution is 7.99. The van der Waals surface area contributed by atoms with E-state index < -0.39 is 23.2 Å². The van der Waals surface area contributed by atoms with Crippen molar-refractivity contribution in [2.45, 2.75) is 12.0 Å². The number of rotatable bonds is 4. The highest BCUT2D eigenvalue weighted by Gasteiger charge is 2.43. The number of hydrogen-bond donors (Lipinski definition) is 2. The monoisotopic (exact) mass is 299 g/mol. The van der Waals surface area contributed by atoms with E-state index in [4.69, 9.17) is 4.74 Å². The zero-order valence-electron chi connectivity index (χ0n) is 10.8. The van der Waals surface area contributed by atoms with Gasteiger partial charge in [-0.05, 0) is 30.4 Å². The van der Waals surface area contributed by atoms with Crippen LogP contribution in [0, 0.1) is 5.82 Å². The van der Waals surface area contributed by atoms with Gasteiger partial charge in [0, 0.05) is 11.3 Å². The predicted octanol–water partition coefficient (Wildman–Crippen LogP) is 1.52. The van der Waals surface area contributed by atoms with Gasteiger partial charge >= 0.3 is 5.97 Å². The summed E-state index contributed by atoms with van der Waals surface area (Å²) in [6.45, 7) is 0. The lowest BCUT2D eigenvalue weighted by molar-refractivity contribution is -0.143. The van der Waals surface area contributed by atoms with E-state index in [1.54, 1.807) is 0 Å². The van der Waals surface area contributed by atoms with E-state index in [1.807, 2.05) is 0 Å². The van der Waals surface area contributed by atoms with Gasteiger partial charge in [-0.2, -0.15) is 11.8 Å². The Morgan fingerprint density at radius 3 is 2.80 bits per heavy atom. The van der Waals surface area contributed by atoms with Gasteiger partial charge in [0.15, 0.2) is 11.6 Å². The molecule has 1 unspecified atom stereocenters.